The van der Waals surface area contributed by atoms with Gasteiger partial charge in [0.1, 0.15) is 5.69 Å². The molecule has 0 aliphatic rings. The molecule has 0 bridgehead atoms. The number of carboxylic acids is 1. The van der Waals surface area contributed by atoms with Gasteiger partial charge in [-0.1, -0.05) is 48.0 Å². The van der Waals surface area contributed by atoms with Gasteiger partial charge in [0.05, 0.1) is 11.1 Å². The molecule has 2 N–H and O–H groups in total. The Balaban J connectivity index is 1.93. The molecule has 4 aromatic rings. The summed E-state index contributed by atoms with van der Waals surface area (Å²) in [6.45, 7) is -0.237. The molecular formula is C24H17ClN2O4. The highest BCUT2D eigenvalue weighted by Crippen LogP contribution is 2.25. The highest BCUT2D eigenvalue weighted by atomic mass is 35.5. The molecule has 0 aliphatic heterocycles. The van der Waals surface area contributed by atoms with Crippen LogP contribution < -0.4 is 10.7 Å². The van der Waals surface area contributed by atoms with Crippen molar-refractivity contribution in [2.24, 2.45) is 0 Å². The SMILES string of the molecule is O=C(NCc1c(C(=O)O)n(-c2ccccc2)c2cc(Cl)ccc2c1=O)c1ccccc1. The van der Waals surface area contributed by atoms with Crippen LogP contribution in [0.2, 0.25) is 5.02 Å². The number of halogens is 1. The summed E-state index contributed by atoms with van der Waals surface area (Å²) in [5.41, 5.74) is 0.636. The van der Waals surface area contributed by atoms with Crippen molar-refractivity contribution in [1.82, 2.24) is 9.88 Å². The zero-order chi connectivity index (χ0) is 22.0. The fourth-order valence-electron chi connectivity index (χ4n) is 3.50. The number of carboxylic acid groups (broad SMARTS) is 1. The topological polar surface area (TPSA) is 88.4 Å². The largest absolute Gasteiger partial charge is 0.477 e. The van der Waals surface area contributed by atoms with Gasteiger partial charge in [-0.3, -0.25) is 9.59 Å². The Hall–Kier alpha value is -3.90. The van der Waals surface area contributed by atoms with Crippen LogP contribution in [-0.2, 0) is 6.54 Å². The Morgan fingerprint density at radius 3 is 2.23 bits per heavy atom. The summed E-state index contributed by atoms with van der Waals surface area (Å²) in [7, 11) is 0. The first-order chi connectivity index (χ1) is 15.0. The molecule has 4 rings (SSSR count). The average molecular weight is 433 g/mol. The number of rotatable bonds is 5. The van der Waals surface area contributed by atoms with Crippen molar-refractivity contribution in [2.75, 3.05) is 0 Å². The number of amides is 1. The number of hydrogen-bond donors (Lipinski definition) is 2. The number of pyridine rings is 1. The molecule has 0 radical (unpaired) electrons. The van der Waals surface area contributed by atoms with Crippen molar-refractivity contribution in [3.8, 4) is 5.69 Å². The second-order valence-corrected chi connectivity index (χ2v) is 7.28. The fourth-order valence-corrected chi connectivity index (χ4v) is 3.67. The molecular weight excluding hydrogens is 416 g/mol. The molecule has 154 valence electrons. The molecule has 0 spiro atoms. The van der Waals surface area contributed by atoms with Crippen LogP contribution in [0.3, 0.4) is 0 Å². The van der Waals surface area contributed by atoms with Crippen molar-refractivity contribution in [1.29, 1.82) is 0 Å². The van der Waals surface area contributed by atoms with Crippen LogP contribution in [0.1, 0.15) is 26.4 Å². The van der Waals surface area contributed by atoms with Crippen molar-refractivity contribution in [2.45, 2.75) is 6.54 Å². The minimum absolute atomic E-state index is 0.0181. The van der Waals surface area contributed by atoms with Crippen LogP contribution in [0, 0.1) is 0 Å². The van der Waals surface area contributed by atoms with Crippen molar-refractivity contribution >= 4 is 34.4 Å². The predicted octanol–water partition coefficient (Wildman–Crippen LogP) is 4.27. The van der Waals surface area contributed by atoms with Gasteiger partial charge < -0.3 is 15.0 Å². The summed E-state index contributed by atoms with van der Waals surface area (Å²) < 4.78 is 1.48. The summed E-state index contributed by atoms with van der Waals surface area (Å²) in [4.78, 5) is 38.0. The Kier molecular flexibility index (Phi) is 5.56. The van der Waals surface area contributed by atoms with Crippen LogP contribution in [0.15, 0.2) is 83.7 Å². The molecule has 0 aliphatic carbocycles. The lowest BCUT2D eigenvalue weighted by Gasteiger charge is -2.19. The third-order valence-corrected chi connectivity index (χ3v) is 5.14. The number of para-hydroxylation sites is 1. The standard InChI is InChI=1S/C24H17ClN2O4/c25-16-11-12-18-20(13-16)27(17-9-5-2-6-10-17)21(24(30)31)19(22(18)28)14-26-23(29)15-7-3-1-4-8-15/h1-13H,14H2,(H,26,29)(H,30,31). The molecule has 31 heavy (non-hydrogen) atoms. The monoisotopic (exact) mass is 432 g/mol. The molecule has 3 aromatic carbocycles. The Labute approximate surface area is 182 Å². The number of hydrogen-bond acceptors (Lipinski definition) is 3. The zero-order valence-corrected chi connectivity index (χ0v) is 17.0. The smallest absolute Gasteiger partial charge is 0.353 e. The number of carbonyl (C=O) groups is 2. The first kappa shape index (κ1) is 20.4. The lowest BCUT2D eigenvalue weighted by Crippen LogP contribution is -2.30. The zero-order valence-electron chi connectivity index (χ0n) is 16.2. The van der Waals surface area contributed by atoms with Gasteiger partial charge in [0, 0.05) is 28.2 Å². The normalized spacial score (nSPS) is 10.7. The molecule has 6 nitrogen and oxygen atoms in total. The lowest BCUT2D eigenvalue weighted by molar-refractivity contribution is 0.0685. The summed E-state index contributed by atoms with van der Waals surface area (Å²) in [5.74, 6) is -1.69. The molecule has 0 fully saturated rings. The van der Waals surface area contributed by atoms with Gasteiger partial charge in [0.25, 0.3) is 5.91 Å². The maximum atomic E-state index is 13.2. The van der Waals surface area contributed by atoms with E-state index in [4.69, 9.17) is 11.6 Å². The van der Waals surface area contributed by atoms with Crippen LogP contribution >= 0.6 is 11.6 Å². The molecule has 7 heteroatoms. The second kappa shape index (κ2) is 8.45. The first-order valence-corrected chi connectivity index (χ1v) is 9.84. The maximum absolute atomic E-state index is 13.2. The van der Waals surface area contributed by atoms with E-state index in [1.165, 1.54) is 4.57 Å². The van der Waals surface area contributed by atoms with E-state index in [1.807, 2.05) is 6.07 Å². The van der Waals surface area contributed by atoms with E-state index in [0.29, 0.717) is 27.2 Å². The highest BCUT2D eigenvalue weighted by molar-refractivity contribution is 6.31. The van der Waals surface area contributed by atoms with E-state index in [0.717, 1.165) is 0 Å². The summed E-state index contributed by atoms with van der Waals surface area (Å²) in [6.07, 6.45) is 0. The van der Waals surface area contributed by atoms with Crippen molar-refractivity contribution < 1.29 is 14.7 Å². The highest BCUT2D eigenvalue weighted by Gasteiger charge is 2.23. The molecule has 1 aromatic heterocycles. The van der Waals surface area contributed by atoms with Gasteiger partial charge in [-0.25, -0.2) is 4.79 Å². The van der Waals surface area contributed by atoms with E-state index in [9.17, 15) is 19.5 Å². The van der Waals surface area contributed by atoms with Crippen molar-refractivity contribution in [3.05, 3.63) is 111 Å². The number of benzene rings is 3. The molecule has 0 saturated heterocycles. The van der Waals surface area contributed by atoms with Crippen LogP contribution in [0.5, 0.6) is 0 Å². The minimum atomic E-state index is -1.29. The van der Waals surface area contributed by atoms with E-state index in [1.54, 1.807) is 72.8 Å². The van der Waals surface area contributed by atoms with Gasteiger partial charge in [-0.15, -0.1) is 0 Å². The van der Waals surface area contributed by atoms with Crippen LogP contribution in [-0.4, -0.2) is 21.6 Å². The predicted molar refractivity (Wildman–Crippen MR) is 119 cm³/mol. The number of nitrogens with one attached hydrogen (secondary N) is 1. The average Bonchev–Trinajstić information content (AvgIpc) is 2.79. The van der Waals surface area contributed by atoms with Crippen molar-refractivity contribution in [3.63, 3.8) is 0 Å². The molecule has 1 amide bonds. The van der Waals surface area contributed by atoms with Gasteiger partial charge >= 0.3 is 5.97 Å². The number of aromatic carboxylic acids is 1. The Morgan fingerprint density at radius 2 is 1.58 bits per heavy atom. The fraction of sp³-hybridized carbons (Fsp3) is 0.0417. The van der Waals surface area contributed by atoms with Gasteiger partial charge in [-0.2, -0.15) is 0 Å². The van der Waals surface area contributed by atoms with Crippen LogP contribution in [0.4, 0.5) is 0 Å². The van der Waals surface area contributed by atoms with E-state index in [2.05, 4.69) is 5.32 Å². The van der Waals surface area contributed by atoms with E-state index in [-0.39, 0.29) is 17.8 Å². The summed E-state index contributed by atoms with van der Waals surface area (Å²) >= 11 is 6.15. The number of aromatic nitrogens is 1. The molecule has 0 atom stereocenters. The van der Waals surface area contributed by atoms with Gasteiger partial charge in [0.2, 0.25) is 0 Å². The maximum Gasteiger partial charge on any atom is 0.353 e. The quantitative estimate of drug-likeness (QED) is 0.493. The number of nitrogens with zero attached hydrogens (tertiary/aromatic N) is 1. The van der Waals surface area contributed by atoms with Crippen LogP contribution in [0.25, 0.3) is 16.6 Å². The molecule has 1 heterocycles. The lowest BCUT2D eigenvalue weighted by atomic mass is 10.1. The summed E-state index contributed by atoms with van der Waals surface area (Å²) in [6, 6.07) is 22.0. The second-order valence-electron chi connectivity index (χ2n) is 6.84. The number of fused-ring (bicyclic) bond motifs is 1. The third-order valence-electron chi connectivity index (χ3n) is 4.91. The first-order valence-electron chi connectivity index (χ1n) is 9.46. The molecule has 0 unspecified atom stereocenters. The van der Waals surface area contributed by atoms with E-state index >= 15 is 0 Å². The number of carbonyl (C=O) groups excluding carboxylic acids is 1. The van der Waals surface area contributed by atoms with E-state index < -0.39 is 17.3 Å². The Morgan fingerprint density at radius 1 is 0.935 bits per heavy atom. The van der Waals surface area contributed by atoms with Gasteiger partial charge in [-0.05, 0) is 42.5 Å². The van der Waals surface area contributed by atoms with Gasteiger partial charge in [0.15, 0.2) is 5.43 Å². The molecule has 0 saturated carbocycles. The third kappa shape index (κ3) is 3.93. The summed E-state index contributed by atoms with van der Waals surface area (Å²) in [5, 5.41) is 13.4. The Bertz CT molecular complexity index is 1350. The minimum Gasteiger partial charge on any atom is -0.477 e.